The van der Waals surface area contributed by atoms with E-state index in [1.807, 2.05) is 16.4 Å². The Balaban J connectivity index is 2.12. The van der Waals surface area contributed by atoms with Crippen molar-refractivity contribution in [3.8, 4) is 0 Å². The quantitative estimate of drug-likeness (QED) is 0.860. The number of nitrogens with zero attached hydrogens (tertiary/aromatic N) is 4. The van der Waals surface area contributed by atoms with Crippen molar-refractivity contribution in [1.29, 1.82) is 0 Å². The van der Waals surface area contributed by atoms with Crippen LogP contribution in [0, 0.1) is 6.92 Å². The molecule has 2 aromatic rings. The van der Waals surface area contributed by atoms with E-state index in [1.54, 1.807) is 0 Å². The SMILES string of the molecule is CCNCc1cn(Cc2cc(CC)nn2C)nc1C. The first-order valence-corrected chi connectivity index (χ1v) is 6.89. The molecule has 0 aliphatic carbocycles. The van der Waals surface area contributed by atoms with Gasteiger partial charge in [-0.3, -0.25) is 9.36 Å². The molecule has 0 bridgehead atoms. The Bertz CT molecular complexity index is 538. The molecule has 19 heavy (non-hydrogen) atoms. The van der Waals surface area contributed by atoms with Crippen molar-refractivity contribution >= 4 is 0 Å². The van der Waals surface area contributed by atoms with Crippen LogP contribution >= 0.6 is 0 Å². The van der Waals surface area contributed by atoms with Crippen molar-refractivity contribution < 1.29 is 0 Å². The minimum Gasteiger partial charge on any atom is -0.313 e. The second-order valence-corrected chi connectivity index (χ2v) is 4.82. The molecule has 0 aromatic carbocycles. The predicted octanol–water partition coefficient (Wildman–Crippen LogP) is 1.65. The van der Waals surface area contributed by atoms with Gasteiger partial charge >= 0.3 is 0 Å². The molecule has 0 saturated carbocycles. The second kappa shape index (κ2) is 6.02. The Kier molecular flexibility index (Phi) is 4.37. The van der Waals surface area contributed by atoms with Crippen molar-refractivity contribution in [3.63, 3.8) is 0 Å². The first-order chi connectivity index (χ1) is 9.13. The summed E-state index contributed by atoms with van der Waals surface area (Å²) in [7, 11) is 1.99. The summed E-state index contributed by atoms with van der Waals surface area (Å²) in [6.07, 6.45) is 3.09. The number of hydrogen-bond acceptors (Lipinski definition) is 3. The largest absolute Gasteiger partial charge is 0.313 e. The van der Waals surface area contributed by atoms with E-state index in [4.69, 9.17) is 0 Å². The normalized spacial score (nSPS) is 11.2. The van der Waals surface area contributed by atoms with Crippen LogP contribution in [0.1, 0.15) is 36.5 Å². The van der Waals surface area contributed by atoms with Gasteiger partial charge in [-0.25, -0.2) is 0 Å². The highest BCUT2D eigenvalue weighted by atomic mass is 15.3. The molecule has 0 spiro atoms. The topological polar surface area (TPSA) is 47.7 Å². The third kappa shape index (κ3) is 3.23. The molecule has 0 radical (unpaired) electrons. The van der Waals surface area contributed by atoms with Crippen LogP contribution in [0.2, 0.25) is 0 Å². The summed E-state index contributed by atoms with van der Waals surface area (Å²) in [5.74, 6) is 0. The van der Waals surface area contributed by atoms with Crippen LogP contribution in [0.5, 0.6) is 0 Å². The number of hydrogen-bond donors (Lipinski definition) is 1. The van der Waals surface area contributed by atoms with Gasteiger partial charge < -0.3 is 5.32 Å². The summed E-state index contributed by atoms with van der Waals surface area (Å²) in [5, 5.41) is 12.4. The molecule has 5 heteroatoms. The molecule has 0 saturated heterocycles. The molecular formula is C14H23N5. The maximum atomic E-state index is 4.57. The minimum absolute atomic E-state index is 0.774. The van der Waals surface area contributed by atoms with E-state index in [0.717, 1.165) is 37.4 Å². The van der Waals surface area contributed by atoms with E-state index in [1.165, 1.54) is 11.3 Å². The lowest BCUT2D eigenvalue weighted by Crippen LogP contribution is -2.11. The molecule has 0 aliphatic heterocycles. The predicted molar refractivity (Wildman–Crippen MR) is 76.0 cm³/mol. The monoisotopic (exact) mass is 261 g/mol. The van der Waals surface area contributed by atoms with Crippen molar-refractivity contribution in [2.75, 3.05) is 6.54 Å². The molecule has 2 rings (SSSR count). The van der Waals surface area contributed by atoms with Crippen LogP contribution in [0.4, 0.5) is 0 Å². The van der Waals surface area contributed by atoms with Crippen molar-refractivity contribution in [2.45, 2.75) is 40.3 Å². The maximum Gasteiger partial charge on any atom is 0.0828 e. The van der Waals surface area contributed by atoms with Gasteiger partial charge in [0.15, 0.2) is 0 Å². The summed E-state index contributed by atoms with van der Waals surface area (Å²) in [4.78, 5) is 0. The van der Waals surface area contributed by atoms with Gasteiger partial charge in [0.05, 0.1) is 23.6 Å². The van der Waals surface area contributed by atoms with Crippen molar-refractivity contribution in [3.05, 3.63) is 34.9 Å². The van der Waals surface area contributed by atoms with Crippen LogP contribution in [-0.2, 0) is 26.6 Å². The average molecular weight is 261 g/mol. The smallest absolute Gasteiger partial charge is 0.0828 e. The first-order valence-electron chi connectivity index (χ1n) is 6.89. The third-order valence-electron chi connectivity index (χ3n) is 3.33. The summed E-state index contributed by atoms with van der Waals surface area (Å²) in [6.45, 7) is 8.93. The minimum atomic E-state index is 0.774. The standard InChI is InChI=1S/C14H23N5/c1-5-13-7-14(18(4)17-13)10-19-9-12(8-15-6-2)11(3)16-19/h7,9,15H,5-6,8,10H2,1-4H3. The van der Waals surface area contributed by atoms with Gasteiger partial charge in [0.1, 0.15) is 0 Å². The second-order valence-electron chi connectivity index (χ2n) is 4.82. The molecule has 1 N–H and O–H groups in total. The van der Waals surface area contributed by atoms with E-state index >= 15 is 0 Å². The summed E-state index contributed by atoms with van der Waals surface area (Å²) < 4.78 is 3.94. The van der Waals surface area contributed by atoms with Crippen molar-refractivity contribution in [1.82, 2.24) is 24.9 Å². The Morgan fingerprint density at radius 1 is 1.26 bits per heavy atom. The number of rotatable bonds is 6. The maximum absolute atomic E-state index is 4.57. The Morgan fingerprint density at radius 2 is 2.05 bits per heavy atom. The van der Waals surface area contributed by atoms with Gasteiger partial charge in [-0.1, -0.05) is 13.8 Å². The van der Waals surface area contributed by atoms with Gasteiger partial charge in [0, 0.05) is 25.4 Å². The van der Waals surface area contributed by atoms with Gasteiger partial charge in [-0.2, -0.15) is 10.2 Å². The number of aryl methyl sites for hydroxylation is 3. The fourth-order valence-corrected chi connectivity index (χ4v) is 2.13. The van der Waals surface area contributed by atoms with E-state index in [-0.39, 0.29) is 0 Å². The number of nitrogens with one attached hydrogen (secondary N) is 1. The molecule has 0 aliphatic rings. The zero-order chi connectivity index (χ0) is 13.8. The van der Waals surface area contributed by atoms with E-state index in [9.17, 15) is 0 Å². The molecule has 2 aromatic heterocycles. The van der Waals surface area contributed by atoms with E-state index in [2.05, 4.69) is 48.5 Å². The van der Waals surface area contributed by atoms with Gasteiger partial charge in [-0.05, 0) is 26.0 Å². The molecular weight excluding hydrogens is 238 g/mol. The van der Waals surface area contributed by atoms with Gasteiger partial charge in [0.25, 0.3) is 0 Å². The zero-order valence-corrected chi connectivity index (χ0v) is 12.3. The zero-order valence-electron chi connectivity index (χ0n) is 12.3. The summed E-state index contributed by atoms with van der Waals surface area (Å²) >= 11 is 0. The van der Waals surface area contributed by atoms with E-state index in [0.29, 0.717) is 0 Å². The number of aromatic nitrogens is 4. The fraction of sp³-hybridized carbons (Fsp3) is 0.571. The van der Waals surface area contributed by atoms with Crippen LogP contribution in [-0.4, -0.2) is 26.1 Å². The average Bonchev–Trinajstić information content (AvgIpc) is 2.91. The lowest BCUT2D eigenvalue weighted by molar-refractivity contribution is 0.614. The fourth-order valence-electron chi connectivity index (χ4n) is 2.13. The van der Waals surface area contributed by atoms with Crippen LogP contribution < -0.4 is 5.32 Å². The summed E-state index contributed by atoms with van der Waals surface area (Å²) in [6, 6.07) is 2.15. The van der Waals surface area contributed by atoms with E-state index < -0.39 is 0 Å². The Hall–Kier alpha value is -1.62. The summed E-state index contributed by atoms with van der Waals surface area (Å²) in [5.41, 5.74) is 4.68. The van der Waals surface area contributed by atoms with Crippen molar-refractivity contribution in [2.24, 2.45) is 7.05 Å². The van der Waals surface area contributed by atoms with Crippen LogP contribution in [0.15, 0.2) is 12.3 Å². The Labute approximate surface area is 114 Å². The van der Waals surface area contributed by atoms with Gasteiger partial charge in [-0.15, -0.1) is 0 Å². The molecule has 2 heterocycles. The molecule has 0 fully saturated rings. The molecule has 0 amide bonds. The van der Waals surface area contributed by atoms with Gasteiger partial charge in [0.2, 0.25) is 0 Å². The lowest BCUT2D eigenvalue weighted by atomic mass is 10.2. The van der Waals surface area contributed by atoms with Crippen LogP contribution in [0.3, 0.4) is 0 Å². The Morgan fingerprint density at radius 3 is 2.68 bits per heavy atom. The molecule has 0 atom stereocenters. The molecule has 0 unspecified atom stereocenters. The highest BCUT2D eigenvalue weighted by molar-refractivity contribution is 5.17. The van der Waals surface area contributed by atoms with Crippen LogP contribution in [0.25, 0.3) is 0 Å². The molecule has 5 nitrogen and oxygen atoms in total. The molecule has 104 valence electrons. The first kappa shape index (κ1) is 13.8. The highest BCUT2D eigenvalue weighted by Crippen LogP contribution is 2.09. The lowest BCUT2D eigenvalue weighted by Gasteiger charge is -2.01. The highest BCUT2D eigenvalue weighted by Gasteiger charge is 2.08. The third-order valence-corrected chi connectivity index (χ3v) is 3.33.